The van der Waals surface area contributed by atoms with Crippen molar-refractivity contribution in [1.29, 1.82) is 0 Å². The molecule has 5 fully saturated rings. The average Bonchev–Trinajstić information content (AvgIpc) is 2.51. The summed E-state index contributed by atoms with van der Waals surface area (Å²) in [5.74, 6) is 2.67. The van der Waals surface area contributed by atoms with Gasteiger partial charge in [-0.3, -0.25) is 0 Å². The van der Waals surface area contributed by atoms with Crippen LogP contribution in [-0.4, -0.2) is 57.4 Å². The minimum Gasteiger partial charge on any atom is -0.394 e. The maximum Gasteiger partial charge on any atom is 0.109 e. The van der Waals surface area contributed by atoms with Crippen molar-refractivity contribution in [3.63, 3.8) is 0 Å². The minimum absolute atomic E-state index is 0.204. The number of hydrogen-bond acceptors (Lipinski definition) is 5. The van der Waals surface area contributed by atoms with E-state index >= 15 is 0 Å². The molecular formula is C18H31NO4. The Morgan fingerprint density at radius 3 is 1.96 bits per heavy atom. The van der Waals surface area contributed by atoms with Crippen LogP contribution >= 0.6 is 0 Å². The van der Waals surface area contributed by atoms with Gasteiger partial charge in [0.1, 0.15) is 12.2 Å². The predicted octanol–water partition coefficient (Wildman–Crippen LogP) is 0.400. The highest BCUT2D eigenvalue weighted by atomic mass is 16.4. The number of nitrogens with one attached hydrogen (secondary N) is 1. The summed E-state index contributed by atoms with van der Waals surface area (Å²) in [6.07, 6.45) is 6.56. The number of rotatable bonds is 4. The van der Waals surface area contributed by atoms with E-state index in [9.17, 15) is 20.4 Å². The van der Waals surface area contributed by atoms with Crippen LogP contribution in [0.3, 0.4) is 0 Å². The first-order chi connectivity index (χ1) is 11.0. The summed E-state index contributed by atoms with van der Waals surface area (Å²) in [6, 6.07) is 0. The van der Waals surface area contributed by atoms with E-state index in [1.165, 1.54) is 38.5 Å². The van der Waals surface area contributed by atoms with Crippen molar-refractivity contribution < 1.29 is 20.4 Å². The smallest absolute Gasteiger partial charge is 0.109 e. The monoisotopic (exact) mass is 325 g/mol. The molecule has 4 unspecified atom stereocenters. The quantitative estimate of drug-likeness (QED) is 0.516. The van der Waals surface area contributed by atoms with Gasteiger partial charge in [0.2, 0.25) is 0 Å². The first kappa shape index (κ1) is 16.3. The molecule has 1 heterocycles. The molecule has 0 radical (unpaired) electrons. The van der Waals surface area contributed by atoms with Gasteiger partial charge in [-0.2, -0.15) is 0 Å². The standard InChI is InChI=1S/C18H31NO4/c20-10-18(16(23)15(22)14(21)9-19-18)2-1-17-6-11-3-12(7-17)5-13(4-11)8-17/h11-16,19-23H,1-10H2. The molecule has 4 aliphatic carbocycles. The molecule has 0 aromatic rings. The van der Waals surface area contributed by atoms with Gasteiger partial charge >= 0.3 is 0 Å². The molecule has 5 nitrogen and oxygen atoms in total. The Bertz CT molecular complexity index is 421. The normalized spacial score (nSPS) is 55.3. The Labute approximate surface area is 138 Å². The lowest BCUT2D eigenvalue weighted by atomic mass is 9.48. The van der Waals surface area contributed by atoms with Crippen LogP contribution in [0.1, 0.15) is 51.4 Å². The molecule has 132 valence electrons. The van der Waals surface area contributed by atoms with Crippen LogP contribution in [0, 0.1) is 23.2 Å². The fourth-order valence-electron chi connectivity index (χ4n) is 6.62. The van der Waals surface area contributed by atoms with Crippen molar-refractivity contribution in [2.24, 2.45) is 23.2 Å². The molecule has 4 atom stereocenters. The molecule has 1 saturated heterocycles. The Hall–Kier alpha value is -0.200. The first-order valence-electron chi connectivity index (χ1n) is 9.35. The number of hydrogen-bond donors (Lipinski definition) is 5. The van der Waals surface area contributed by atoms with Crippen LogP contribution in [0.25, 0.3) is 0 Å². The van der Waals surface area contributed by atoms with Crippen molar-refractivity contribution >= 4 is 0 Å². The van der Waals surface area contributed by atoms with Gasteiger partial charge < -0.3 is 25.7 Å². The number of aliphatic hydroxyl groups excluding tert-OH is 4. The van der Waals surface area contributed by atoms with E-state index in [2.05, 4.69) is 5.32 Å². The van der Waals surface area contributed by atoms with Crippen LogP contribution < -0.4 is 5.32 Å². The molecule has 1 aliphatic heterocycles. The first-order valence-corrected chi connectivity index (χ1v) is 9.35. The van der Waals surface area contributed by atoms with Crippen molar-refractivity contribution in [3.05, 3.63) is 0 Å². The lowest BCUT2D eigenvalue weighted by molar-refractivity contribution is -0.141. The molecule has 23 heavy (non-hydrogen) atoms. The van der Waals surface area contributed by atoms with E-state index in [1.807, 2.05) is 0 Å². The highest BCUT2D eigenvalue weighted by Gasteiger charge is 2.53. The van der Waals surface area contributed by atoms with Crippen LogP contribution in [-0.2, 0) is 0 Å². The maximum atomic E-state index is 10.4. The molecule has 5 N–H and O–H groups in total. The topological polar surface area (TPSA) is 93.0 Å². The van der Waals surface area contributed by atoms with Crippen molar-refractivity contribution in [3.8, 4) is 0 Å². The molecule has 0 amide bonds. The molecular weight excluding hydrogens is 294 g/mol. The SMILES string of the molecule is OCC1(CCC23CC4CC(CC(C4)C2)C3)NCC(O)C(O)C1O. The molecule has 5 aliphatic rings. The fraction of sp³-hybridized carbons (Fsp3) is 1.00. The van der Waals surface area contributed by atoms with E-state index in [1.54, 1.807) is 0 Å². The predicted molar refractivity (Wildman–Crippen MR) is 85.7 cm³/mol. The number of aliphatic hydroxyl groups is 4. The van der Waals surface area contributed by atoms with Gasteiger partial charge in [-0.25, -0.2) is 0 Å². The zero-order valence-electron chi connectivity index (χ0n) is 13.8. The van der Waals surface area contributed by atoms with Gasteiger partial charge in [-0.15, -0.1) is 0 Å². The molecule has 0 spiro atoms. The molecule has 4 bridgehead atoms. The minimum atomic E-state index is -1.18. The maximum absolute atomic E-state index is 10.4. The summed E-state index contributed by atoms with van der Waals surface area (Å²) in [4.78, 5) is 0. The Morgan fingerprint density at radius 2 is 1.43 bits per heavy atom. The molecule has 5 rings (SSSR count). The van der Waals surface area contributed by atoms with Gasteiger partial charge in [-0.05, 0) is 74.5 Å². The van der Waals surface area contributed by atoms with Gasteiger partial charge in [0.05, 0.1) is 18.2 Å². The molecule has 5 heteroatoms. The van der Waals surface area contributed by atoms with Crippen LogP contribution in [0.5, 0.6) is 0 Å². The molecule has 4 saturated carbocycles. The average molecular weight is 325 g/mol. The summed E-state index contributed by atoms with van der Waals surface area (Å²) in [7, 11) is 0. The van der Waals surface area contributed by atoms with E-state index in [4.69, 9.17) is 0 Å². The fourth-order valence-corrected chi connectivity index (χ4v) is 6.62. The number of β-amino-alcohol motifs (C(OH)–C–C–N with tert-alkyl or cyclic N) is 1. The Kier molecular flexibility index (Phi) is 4.01. The third-order valence-corrected chi connectivity index (χ3v) is 7.50. The summed E-state index contributed by atoms with van der Waals surface area (Å²) in [5, 5.41) is 43.2. The van der Waals surface area contributed by atoms with Gasteiger partial charge in [0, 0.05) is 6.54 Å². The highest BCUT2D eigenvalue weighted by molar-refractivity contribution is 5.07. The van der Waals surface area contributed by atoms with Crippen molar-refractivity contribution in [1.82, 2.24) is 5.32 Å². The Balaban J connectivity index is 1.47. The van der Waals surface area contributed by atoms with Crippen LogP contribution in [0.2, 0.25) is 0 Å². The third kappa shape index (κ3) is 2.65. The number of piperidine rings is 1. The zero-order chi connectivity index (χ0) is 16.2. The summed E-state index contributed by atoms with van der Waals surface area (Å²) in [6.45, 7) is 0.0178. The third-order valence-electron chi connectivity index (χ3n) is 7.50. The largest absolute Gasteiger partial charge is 0.394 e. The zero-order valence-corrected chi connectivity index (χ0v) is 13.8. The van der Waals surface area contributed by atoms with Crippen molar-refractivity contribution in [2.75, 3.05) is 13.2 Å². The Morgan fingerprint density at radius 1 is 0.870 bits per heavy atom. The van der Waals surface area contributed by atoms with Gasteiger partial charge in [0.25, 0.3) is 0 Å². The lowest BCUT2D eigenvalue weighted by Gasteiger charge is -2.58. The lowest BCUT2D eigenvalue weighted by Crippen LogP contribution is -2.69. The highest BCUT2D eigenvalue weighted by Crippen LogP contribution is 2.62. The van der Waals surface area contributed by atoms with Crippen LogP contribution in [0.15, 0.2) is 0 Å². The van der Waals surface area contributed by atoms with E-state index in [-0.39, 0.29) is 13.2 Å². The second-order valence-electron chi connectivity index (χ2n) is 9.12. The summed E-state index contributed by atoms with van der Waals surface area (Å²) >= 11 is 0. The van der Waals surface area contributed by atoms with Crippen molar-refractivity contribution in [2.45, 2.75) is 75.2 Å². The van der Waals surface area contributed by atoms with Gasteiger partial charge in [0.15, 0.2) is 0 Å². The molecule has 0 aromatic carbocycles. The van der Waals surface area contributed by atoms with E-state index < -0.39 is 23.9 Å². The molecule has 0 aromatic heterocycles. The second-order valence-corrected chi connectivity index (χ2v) is 9.12. The summed E-state index contributed by atoms with van der Waals surface area (Å²) in [5.41, 5.74) is -0.485. The van der Waals surface area contributed by atoms with E-state index in [0.717, 1.165) is 24.2 Å². The van der Waals surface area contributed by atoms with Gasteiger partial charge in [-0.1, -0.05) is 0 Å². The second kappa shape index (κ2) is 5.67. The van der Waals surface area contributed by atoms with Crippen LogP contribution in [0.4, 0.5) is 0 Å². The summed E-state index contributed by atoms with van der Waals surface area (Å²) < 4.78 is 0. The van der Waals surface area contributed by atoms with E-state index in [0.29, 0.717) is 11.8 Å².